The monoisotopic (exact) mass is 221 g/mol. The number of hydrogen-bond acceptors (Lipinski definition) is 3. The van der Waals surface area contributed by atoms with Gasteiger partial charge in [-0.15, -0.1) is 0 Å². The predicted molar refractivity (Wildman–Crippen MR) is 65.0 cm³/mol. The molecule has 0 spiro atoms. The first kappa shape index (κ1) is 12.5. The van der Waals surface area contributed by atoms with Crippen LogP contribution in [0.3, 0.4) is 0 Å². The second-order valence-corrected chi connectivity index (χ2v) is 4.44. The average Bonchev–Trinajstić information content (AvgIpc) is 2.16. The Balaban J connectivity index is 3.14. The molecule has 0 bridgehead atoms. The number of aryl methyl sites for hydroxylation is 1. The normalized spacial score (nSPS) is 11.2. The summed E-state index contributed by atoms with van der Waals surface area (Å²) in [6.45, 7) is 7.91. The molecule has 0 unspecified atom stereocenters. The lowest BCUT2D eigenvalue weighted by Crippen LogP contribution is -2.29. The van der Waals surface area contributed by atoms with Gasteiger partial charge >= 0.3 is 0 Å². The molecule has 0 aromatic carbocycles. The highest BCUT2D eigenvalue weighted by atomic mass is 16.5. The van der Waals surface area contributed by atoms with Crippen LogP contribution in [0.5, 0.6) is 5.88 Å². The maximum Gasteiger partial charge on any atom is 0.225 e. The Morgan fingerprint density at radius 2 is 2.19 bits per heavy atom. The molecular formula is C12H19N3O. The molecule has 88 valence electrons. The highest BCUT2D eigenvalue weighted by molar-refractivity contribution is 5.98. The summed E-state index contributed by atoms with van der Waals surface area (Å²) in [5.74, 6) is 0.437. The number of pyridine rings is 1. The van der Waals surface area contributed by atoms with Crippen LogP contribution < -0.4 is 10.5 Å². The molecule has 1 heterocycles. The number of hydrogen-bond donors (Lipinski definition) is 2. The molecule has 0 atom stereocenters. The third-order valence-corrected chi connectivity index (χ3v) is 2.62. The Kier molecular flexibility index (Phi) is 3.52. The number of aromatic nitrogens is 1. The third-order valence-electron chi connectivity index (χ3n) is 2.62. The van der Waals surface area contributed by atoms with Crippen molar-refractivity contribution in [2.45, 2.75) is 39.7 Å². The van der Waals surface area contributed by atoms with E-state index in [-0.39, 0.29) is 11.4 Å². The number of amidine groups is 1. The summed E-state index contributed by atoms with van der Waals surface area (Å²) in [6.07, 6.45) is 2.53. The molecule has 0 aliphatic carbocycles. The van der Waals surface area contributed by atoms with Crippen molar-refractivity contribution in [1.82, 2.24) is 4.98 Å². The van der Waals surface area contributed by atoms with Crippen LogP contribution in [-0.2, 0) is 0 Å². The van der Waals surface area contributed by atoms with Crippen LogP contribution in [0.1, 0.15) is 38.3 Å². The molecule has 3 N–H and O–H groups in total. The summed E-state index contributed by atoms with van der Waals surface area (Å²) in [6, 6.07) is 1.82. The first-order valence-electron chi connectivity index (χ1n) is 5.36. The van der Waals surface area contributed by atoms with Crippen molar-refractivity contribution < 1.29 is 4.74 Å². The lowest BCUT2D eigenvalue weighted by Gasteiger charge is -2.25. The molecule has 1 rings (SSSR count). The molecule has 1 aromatic heterocycles. The van der Waals surface area contributed by atoms with E-state index >= 15 is 0 Å². The standard InChI is InChI=1S/C12H19N3O/c1-5-12(3,4)16-11-9(10(13)14)8(2)6-7-15-11/h6-7H,5H2,1-4H3,(H3,13,14). The quantitative estimate of drug-likeness (QED) is 0.605. The van der Waals surface area contributed by atoms with Gasteiger partial charge in [-0.05, 0) is 38.8 Å². The van der Waals surface area contributed by atoms with Gasteiger partial charge in [0.1, 0.15) is 11.4 Å². The Labute approximate surface area is 96.3 Å². The van der Waals surface area contributed by atoms with E-state index < -0.39 is 0 Å². The third kappa shape index (κ3) is 2.72. The number of ether oxygens (including phenoxy) is 1. The largest absolute Gasteiger partial charge is 0.471 e. The van der Waals surface area contributed by atoms with Crippen LogP contribution in [0, 0.1) is 12.3 Å². The maximum absolute atomic E-state index is 7.54. The zero-order valence-electron chi connectivity index (χ0n) is 10.3. The summed E-state index contributed by atoms with van der Waals surface area (Å²) in [4.78, 5) is 4.15. The summed E-state index contributed by atoms with van der Waals surface area (Å²) in [5.41, 5.74) is 6.73. The van der Waals surface area contributed by atoms with Gasteiger partial charge in [0.15, 0.2) is 0 Å². The second kappa shape index (κ2) is 4.51. The fourth-order valence-corrected chi connectivity index (χ4v) is 1.27. The fourth-order valence-electron chi connectivity index (χ4n) is 1.27. The molecule has 0 fully saturated rings. The van der Waals surface area contributed by atoms with Gasteiger partial charge < -0.3 is 10.5 Å². The smallest absolute Gasteiger partial charge is 0.225 e. The van der Waals surface area contributed by atoms with Crippen LogP contribution in [0.15, 0.2) is 12.3 Å². The van der Waals surface area contributed by atoms with Crippen molar-refractivity contribution in [2.24, 2.45) is 5.73 Å². The van der Waals surface area contributed by atoms with Crippen LogP contribution in [-0.4, -0.2) is 16.4 Å². The highest BCUT2D eigenvalue weighted by Gasteiger charge is 2.21. The highest BCUT2D eigenvalue weighted by Crippen LogP contribution is 2.24. The van der Waals surface area contributed by atoms with Crippen molar-refractivity contribution in [2.75, 3.05) is 0 Å². The molecule has 0 saturated heterocycles. The van der Waals surface area contributed by atoms with Gasteiger partial charge in [-0.2, -0.15) is 0 Å². The van der Waals surface area contributed by atoms with E-state index in [0.717, 1.165) is 12.0 Å². The summed E-state index contributed by atoms with van der Waals surface area (Å²) >= 11 is 0. The van der Waals surface area contributed by atoms with Gasteiger partial charge in [-0.3, -0.25) is 5.41 Å². The lowest BCUT2D eigenvalue weighted by molar-refractivity contribution is 0.0986. The average molecular weight is 221 g/mol. The minimum absolute atomic E-state index is 0.00694. The molecule has 4 heteroatoms. The number of nitrogens with two attached hydrogens (primary N) is 1. The molecule has 16 heavy (non-hydrogen) atoms. The van der Waals surface area contributed by atoms with Crippen molar-refractivity contribution in [3.05, 3.63) is 23.4 Å². The van der Waals surface area contributed by atoms with Crippen LogP contribution in [0.4, 0.5) is 0 Å². The Morgan fingerprint density at radius 3 is 2.69 bits per heavy atom. The summed E-state index contributed by atoms with van der Waals surface area (Å²) in [5, 5.41) is 7.54. The number of rotatable bonds is 4. The maximum atomic E-state index is 7.54. The van der Waals surface area contributed by atoms with Gasteiger partial charge in [0.2, 0.25) is 5.88 Å². The Morgan fingerprint density at radius 1 is 1.56 bits per heavy atom. The predicted octanol–water partition coefficient (Wildman–Crippen LogP) is 2.24. The SMILES string of the molecule is CCC(C)(C)Oc1nccc(C)c1C(=N)N. The molecule has 0 radical (unpaired) electrons. The molecule has 0 saturated carbocycles. The van der Waals surface area contributed by atoms with Gasteiger partial charge in [-0.25, -0.2) is 4.98 Å². The molecule has 0 aliphatic heterocycles. The minimum Gasteiger partial charge on any atom is -0.471 e. The summed E-state index contributed by atoms with van der Waals surface area (Å²) in [7, 11) is 0. The van der Waals surface area contributed by atoms with Crippen molar-refractivity contribution >= 4 is 5.84 Å². The second-order valence-electron chi connectivity index (χ2n) is 4.44. The molecular weight excluding hydrogens is 202 g/mol. The van der Waals surface area contributed by atoms with E-state index in [1.807, 2.05) is 33.8 Å². The van der Waals surface area contributed by atoms with E-state index in [0.29, 0.717) is 11.4 Å². The Hall–Kier alpha value is -1.58. The van der Waals surface area contributed by atoms with Crippen LogP contribution >= 0.6 is 0 Å². The van der Waals surface area contributed by atoms with Gasteiger partial charge in [0, 0.05) is 6.20 Å². The van der Waals surface area contributed by atoms with E-state index in [2.05, 4.69) is 4.98 Å². The van der Waals surface area contributed by atoms with Gasteiger partial charge in [0.25, 0.3) is 0 Å². The molecule has 0 amide bonds. The zero-order chi connectivity index (χ0) is 12.3. The minimum atomic E-state index is -0.301. The lowest BCUT2D eigenvalue weighted by atomic mass is 10.1. The van der Waals surface area contributed by atoms with E-state index in [1.54, 1.807) is 6.20 Å². The number of nitrogen functional groups attached to an aromatic ring is 1. The van der Waals surface area contributed by atoms with Gasteiger partial charge in [-0.1, -0.05) is 6.92 Å². The van der Waals surface area contributed by atoms with E-state index in [1.165, 1.54) is 0 Å². The van der Waals surface area contributed by atoms with E-state index in [4.69, 9.17) is 15.9 Å². The van der Waals surface area contributed by atoms with Gasteiger partial charge in [0.05, 0.1) is 5.56 Å². The number of nitrogens with one attached hydrogen (secondary N) is 1. The first-order chi connectivity index (χ1) is 7.37. The van der Waals surface area contributed by atoms with Crippen LogP contribution in [0.2, 0.25) is 0 Å². The van der Waals surface area contributed by atoms with Crippen molar-refractivity contribution in [1.29, 1.82) is 5.41 Å². The molecule has 1 aromatic rings. The van der Waals surface area contributed by atoms with Crippen LogP contribution in [0.25, 0.3) is 0 Å². The number of nitrogens with zero attached hydrogens (tertiary/aromatic N) is 1. The topological polar surface area (TPSA) is 72.0 Å². The van der Waals surface area contributed by atoms with Crippen molar-refractivity contribution in [3.63, 3.8) is 0 Å². The molecule has 4 nitrogen and oxygen atoms in total. The van der Waals surface area contributed by atoms with Crippen molar-refractivity contribution in [3.8, 4) is 5.88 Å². The first-order valence-corrected chi connectivity index (χ1v) is 5.36. The Bertz CT molecular complexity index is 399. The van der Waals surface area contributed by atoms with E-state index in [9.17, 15) is 0 Å². The summed E-state index contributed by atoms with van der Waals surface area (Å²) < 4.78 is 5.79. The zero-order valence-corrected chi connectivity index (χ0v) is 10.3. The fraction of sp³-hybridized carbons (Fsp3) is 0.500. The molecule has 0 aliphatic rings.